The number of amides is 1. The number of aliphatic hydroxyl groups is 1. The van der Waals surface area contributed by atoms with E-state index < -0.39 is 5.54 Å². The van der Waals surface area contributed by atoms with Crippen molar-refractivity contribution >= 4 is 16.7 Å². The number of aliphatic hydroxyl groups excluding tert-OH is 1. The molecular formula is C23H30N2O3. The van der Waals surface area contributed by atoms with Crippen molar-refractivity contribution in [1.82, 2.24) is 9.80 Å². The summed E-state index contributed by atoms with van der Waals surface area (Å²) in [6.07, 6.45) is 3.84. The van der Waals surface area contributed by atoms with Gasteiger partial charge < -0.3 is 14.7 Å². The quantitative estimate of drug-likeness (QED) is 0.834. The minimum Gasteiger partial charge on any atom is -0.494 e. The van der Waals surface area contributed by atoms with E-state index in [9.17, 15) is 9.90 Å². The van der Waals surface area contributed by atoms with E-state index in [-0.39, 0.29) is 12.5 Å². The van der Waals surface area contributed by atoms with E-state index in [1.807, 2.05) is 11.8 Å². The average molecular weight is 383 g/mol. The normalized spacial score (nSPS) is 23.1. The van der Waals surface area contributed by atoms with Gasteiger partial charge in [0.1, 0.15) is 11.3 Å². The molecular weight excluding hydrogens is 352 g/mol. The fraction of sp³-hybridized carbons (Fsp3) is 0.522. The second kappa shape index (κ2) is 8.10. The van der Waals surface area contributed by atoms with E-state index in [0.29, 0.717) is 13.2 Å². The number of rotatable bonds is 6. The Balaban J connectivity index is 1.70. The summed E-state index contributed by atoms with van der Waals surface area (Å²) in [5.74, 6) is 1.11. The molecule has 2 fully saturated rings. The first kappa shape index (κ1) is 19.2. The largest absolute Gasteiger partial charge is 0.494 e. The van der Waals surface area contributed by atoms with Crippen LogP contribution >= 0.6 is 0 Å². The van der Waals surface area contributed by atoms with Gasteiger partial charge in [0, 0.05) is 25.2 Å². The van der Waals surface area contributed by atoms with Crippen molar-refractivity contribution in [2.24, 2.45) is 0 Å². The molecule has 1 atom stereocenters. The molecule has 0 aromatic heterocycles. The van der Waals surface area contributed by atoms with Crippen LogP contribution in [0.4, 0.5) is 0 Å². The number of carbonyl (C=O) groups excluding carboxylic acids is 1. The highest BCUT2D eigenvalue weighted by Gasteiger charge is 2.50. The van der Waals surface area contributed by atoms with Crippen molar-refractivity contribution in [3.8, 4) is 5.75 Å². The summed E-state index contributed by atoms with van der Waals surface area (Å²) in [5, 5.41) is 11.8. The van der Waals surface area contributed by atoms with Crippen LogP contribution in [-0.2, 0) is 11.3 Å². The summed E-state index contributed by atoms with van der Waals surface area (Å²) < 4.78 is 5.96. The van der Waals surface area contributed by atoms with Crippen LogP contribution in [0.1, 0.15) is 38.2 Å². The summed E-state index contributed by atoms with van der Waals surface area (Å²) in [6, 6.07) is 12.6. The number of ether oxygens (including phenoxy) is 1. The van der Waals surface area contributed by atoms with Gasteiger partial charge in [0.05, 0.1) is 13.2 Å². The number of likely N-dealkylation sites (tertiary alicyclic amines) is 2. The first-order chi connectivity index (χ1) is 13.7. The molecule has 2 heterocycles. The number of hydrogen-bond acceptors (Lipinski definition) is 4. The van der Waals surface area contributed by atoms with Gasteiger partial charge in [-0.15, -0.1) is 0 Å². The Labute approximate surface area is 166 Å². The van der Waals surface area contributed by atoms with Crippen LogP contribution in [0.25, 0.3) is 10.8 Å². The topological polar surface area (TPSA) is 53.0 Å². The monoisotopic (exact) mass is 382 g/mol. The number of hydrogen-bond donors (Lipinski definition) is 1. The van der Waals surface area contributed by atoms with Crippen LogP contribution in [0.2, 0.25) is 0 Å². The van der Waals surface area contributed by atoms with Crippen molar-refractivity contribution in [3.05, 3.63) is 42.0 Å². The predicted octanol–water partition coefficient (Wildman–Crippen LogP) is 3.19. The maximum Gasteiger partial charge on any atom is 0.243 e. The fourth-order valence-corrected chi connectivity index (χ4v) is 5.05. The first-order valence-corrected chi connectivity index (χ1v) is 10.5. The van der Waals surface area contributed by atoms with Gasteiger partial charge >= 0.3 is 0 Å². The van der Waals surface area contributed by atoms with E-state index >= 15 is 0 Å². The third kappa shape index (κ3) is 3.27. The van der Waals surface area contributed by atoms with Gasteiger partial charge in [0.15, 0.2) is 0 Å². The predicted molar refractivity (Wildman–Crippen MR) is 110 cm³/mol. The first-order valence-electron chi connectivity index (χ1n) is 10.5. The van der Waals surface area contributed by atoms with Crippen molar-refractivity contribution < 1.29 is 14.6 Å². The van der Waals surface area contributed by atoms with Crippen LogP contribution in [0.3, 0.4) is 0 Å². The molecule has 1 N–H and O–H groups in total. The number of fused-ring (bicyclic) bond motifs is 1. The van der Waals surface area contributed by atoms with Crippen LogP contribution in [-0.4, -0.2) is 59.2 Å². The zero-order valence-corrected chi connectivity index (χ0v) is 16.7. The van der Waals surface area contributed by atoms with Crippen molar-refractivity contribution in [2.45, 2.75) is 44.7 Å². The highest BCUT2D eigenvalue weighted by Crippen LogP contribution is 2.41. The van der Waals surface area contributed by atoms with Gasteiger partial charge in [0.2, 0.25) is 5.91 Å². The second-order valence-electron chi connectivity index (χ2n) is 7.87. The highest BCUT2D eigenvalue weighted by atomic mass is 16.5. The third-order valence-corrected chi connectivity index (χ3v) is 6.34. The third-order valence-electron chi connectivity index (χ3n) is 6.34. The number of carbonyl (C=O) groups is 1. The maximum atomic E-state index is 13.4. The lowest BCUT2D eigenvalue weighted by Crippen LogP contribution is -2.60. The standard InChI is InChI=1S/C23H30N2O3/c1-2-28-21-10-9-18-7-3-4-8-19(18)20(21)17-25-14-6-12-23(25)11-5-13-24(15-16-26)22(23)27/h3-4,7-10,26H,2,5-6,11-17H2,1H3. The van der Waals surface area contributed by atoms with E-state index in [4.69, 9.17) is 4.74 Å². The molecule has 1 unspecified atom stereocenters. The highest BCUT2D eigenvalue weighted by molar-refractivity contribution is 5.89. The van der Waals surface area contributed by atoms with E-state index in [1.165, 1.54) is 16.3 Å². The minimum atomic E-state index is -0.423. The molecule has 150 valence electrons. The molecule has 1 amide bonds. The molecule has 4 rings (SSSR count). The zero-order valence-electron chi connectivity index (χ0n) is 16.7. The summed E-state index contributed by atoms with van der Waals surface area (Å²) in [4.78, 5) is 17.6. The Morgan fingerprint density at radius 1 is 1.11 bits per heavy atom. The SMILES string of the molecule is CCOc1ccc2ccccc2c1CN1CCCC12CCCN(CCO)C2=O. The Hall–Kier alpha value is -2.11. The maximum absolute atomic E-state index is 13.4. The number of benzene rings is 2. The number of nitrogens with zero attached hydrogens (tertiary/aromatic N) is 2. The fourth-order valence-electron chi connectivity index (χ4n) is 5.05. The van der Waals surface area contributed by atoms with E-state index in [0.717, 1.165) is 51.1 Å². The lowest BCUT2D eigenvalue weighted by molar-refractivity contribution is -0.148. The summed E-state index contributed by atoms with van der Waals surface area (Å²) in [5.41, 5.74) is 0.752. The summed E-state index contributed by atoms with van der Waals surface area (Å²) >= 11 is 0. The number of β-amino-alcohol motifs (C(OH)–C–C–N with tert-alkyl or cyclic N) is 1. The minimum absolute atomic E-state index is 0.0274. The molecule has 0 aliphatic carbocycles. The van der Waals surface area contributed by atoms with Gasteiger partial charge in [-0.3, -0.25) is 9.69 Å². The summed E-state index contributed by atoms with van der Waals surface area (Å²) in [7, 11) is 0. The molecule has 28 heavy (non-hydrogen) atoms. The van der Waals surface area contributed by atoms with E-state index in [1.54, 1.807) is 0 Å². The zero-order chi connectivity index (χ0) is 19.6. The molecule has 0 bridgehead atoms. The smallest absolute Gasteiger partial charge is 0.243 e. The Kier molecular flexibility index (Phi) is 5.56. The van der Waals surface area contributed by atoms with Gasteiger partial charge in [-0.1, -0.05) is 30.3 Å². The number of piperidine rings is 1. The van der Waals surface area contributed by atoms with Gasteiger partial charge in [-0.25, -0.2) is 0 Å². The molecule has 1 spiro atoms. The molecule has 2 aliphatic rings. The Bertz CT molecular complexity index is 851. The van der Waals surface area contributed by atoms with Crippen molar-refractivity contribution in [2.75, 3.05) is 32.8 Å². The second-order valence-corrected chi connectivity index (χ2v) is 7.87. The van der Waals surface area contributed by atoms with Crippen LogP contribution in [0.15, 0.2) is 36.4 Å². The van der Waals surface area contributed by atoms with Crippen molar-refractivity contribution in [3.63, 3.8) is 0 Å². The molecule has 2 aliphatic heterocycles. The van der Waals surface area contributed by atoms with Crippen LogP contribution in [0.5, 0.6) is 5.75 Å². The molecule has 5 heteroatoms. The van der Waals surface area contributed by atoms with Gasteiger partial charge in [-0.05, 0) is 56.0 Å². The molecule has 2 aromatic carbocycles. The van der Waals surface area contributed by atoms with Gasteiger partial charge in [0.25, 0.3) is 0 Å². The average Bonchev–Trinajstić information content (AvgIpc) is 3.11. The van der Waals surface area contributed by atoms with Crippen LogP contribution in [0, 0.1) is 0 Å². The molecule has 0 saturated carbocycles. The lowest BCUT2D eigenvalue weighted by atomic mass is 9.85. The van der Waals surface area contributed by atoms with Gasteiger partial charge in [-0.2, -0.15) is 0 Å². The Morgan fingerprint density at radius 2 is 1.89 bits per heavy atom. The lowest BCUT2D eigenvalue weighted by Gasteiger charge is -2.44. The molecule has 2 saturated heterocycles. The molecule has 0 radical (unpaired) electrons. The van der Waals surface area contributed by atoms with E-state index in [2.05, 4.69) is 41.3 Å². The van der Waals surface area contributed by atoms with Crippen molar-refractivity contribution in [1.29, 1.82) is 0 Å². The summed E-state index contributed by atoms with van der Waals surface area (Å²) in [6.45, 7) is 5.50. The molecule has 5 nitrogen and oxygen atoms in total. The molecule has 2 aromatic rings. The Morgan fingerprint density at radius 3 is 2.68 bits per heavy atom. The van der Waals surface area contributed by atoms with Crippen LogP contribution < -0.4 is 4.74 Å².